The molecule has 0 aliphatic carbocycles. The molecule has 0 amide bonds. The van der Waals surface area contributed by atoms with Gasteiger partial charge in [0.25, 0.3) is 0 Å². The minimum atomic E-state index is -0.526. The Balaban J connectivity index is 1.97. The number of nitrogens with one attached hydrogen (secondary N) is 1. The third-order valence-electron chi connectivity index (χ3n) is 3.78. The lowest BCUT2D eigenvalue weighted by molar-refractivity contribution is 0.626. The first-order valence-electron chi connectivity index (χ1n) is 7.61. The van der Waals surface area contributed by atoms with Gasteiger partial charge in [0.1, 0.15) is 11.6 Å². The van der Waals surface area contributed by atoms with E-state index in [1.165, 1.54) is 30.0 Å². The summed E-state index contributed by atoms with van der Waals surface area (Å²) in [5.41, 5.74) is 7.75. The van der Waals surface area contributed by atoms with Gasteiger partial charge in [-0.2, -0.15) is 0 Å². The minimum Gasteiger partial charge on any atom is -0.383 e. The zero-order valence-electron chi connectivity index (χ0n) is 13.6. The molecule has 0 spiro atoms. The SMILES string of the molecule is C[C@@H](Sc1cc(-c2cc[nH]c(=O)c2)cnc1N)c1c(Cl)ccc(F)c1Cl. The van der Waals surface area contributed by atoms with Crippen molar-refractivity contribution in [3.8, 4) is 11.1 Å². The molecule has 1 aromatic carbocycles. The summed E-state index contributed by atoms with van der Waals surface area (Å²) in [6, 6.07) is 7.79. The van der Waals surface area contributed by atoms with Gasteiger partial charge in [-0.15, -0.1) is 11.8 Å². The van der Waals surface area contributed by atoms with Crippen molar-refractivity contribution in [1.82, 2.24) is 9.97 Å². The van der Waals surface area contributed by atoms with Gasteiger partial charge in [0, 0.05) is 39.9 Å². The van der Waals surface area contributed by atoms with Gasteiger partial charge in [-0.3, -0.25) is 4.79 Å². The summed E-state index contributed by atoms with van der Waals surface area (Å²) in [6.07, 6.45) is 3.16. The van der Waals surface area contributed by atoms with Crippen LogP contribution in [0.5, 0.6) is 0 Å². The highest BCUT2D eigenvalue weighted by molar-refractivity contribution is 7.99. The number of rotatable bonds is 4. The van der Waals surface area contributed by atoms with Crippen molar-refractivity contribution in [2.45, 2.75) is 17.1 Å². The Labute approximate surface area is 163 Å². The molecular weight excluding hydrogens is 396 g/mol. The molecule has 4 nitrogen and oxygen atoms in total. The van der Waals surface area contributed by atoms with Crippen LogP contribution in [0.2, 0.25) is 10.0 Å². The van der Waals surface area contributed by atoms with E-state index in [0.29, 0.717) is 21.3 Å². The highest BCUT2D eigenvalue weighted by Crippen LogP contribution is 2.44. The van der Waals surface area contributed by atoms with Crippen molar-refractivity contribution >= 4 is 40.8 Å². The number of H-pyrrole nitrogens is 1. The summed E-state index contributed by atoms with van der Waals surface area (Å²) in [5.74, 6) is -0.194. The highest BCUT2D eigenvalue weighted by Gasteiger charge is 2.19. The second kappa shape index (κ2) is 7.70. The van der Waals surface area contributed by atoms with Crippen LogP contribution in [0.4, 0.5) is 10.2 Å². The lowest BCUT2D eigenvalue weighted by atomic mass is 10.1. The van der Waals surface area contributed by atoms with Crippen molar-refractivity contribution in [2.75, 3.05) is 5.73 Å². The van der Waals surface area contributed by atoms with E-state index in [4.69, 9.17) is 28.9 Å². The molecule has 0 aliphatic rings. The molecule has 0 saturated carbocycles. The van der Waals surface area contributed by atoms with E-state index in [0.717, 1.165) is 11.1 Å². The van der Waals surface area contributed by atoms with Crippen molar-refractivity contribution < 1.29 is 4.39 Å². The number of hydrogen-bond donors (Lipinski definition) is 2. The van der Waals surface area contributed by atoms with E-state index in [1.54, 1.807) is 18.5 Å². The molecule has 2 heterocycles. The van der Waals surface area contributed by atoms with E-state index in [9.17, 15) is 9.18 Å². The Morgan fingerprint density at radius 2 is 2.00 bits per heavy atom. The molecule has 134 valence electrons. The van der Waals surface area contributed by atoms with Crippen LogP contribution in [0.15, 0.2) is 52.4 Å². The van der Waals surface area contributed by atoms with Crippen molar-refractivity contribution in [1.29, 1.82) is 0 Å². The first kappa shape index (κ1) is 18.8. The molecule has 3 rings (SSSR count). The molecular formula is C18H14Cl2FN3OS. The zero-order valence-corrected chi connectivity index (χ0v) is 15.9. The highest BCUT2D eigenvalue weighted by atomic mass is 35.5. The van der Waals surface area contributed by atoms with Gasteiger partial charge in [-0.05, 0) is 36.8 Å². The Hall–Kier alpha value is -2.02. The molecule has 3 aromatic rings. The molecule has 8 heteroatoms. The van der Waals surface area contributed by atoms with E-state index >= 15 is 0 Å². The summed E-state index contributed by atoms with van der Waals surface area (Å²) in [6.45, 7) is 1.86. The first-order valence-corrected chi connectivity index (χ1v) is 9.25. The predicted molar refractivity (Wildman–Crippen MR) is 105 cm³/mol. The van der Waals surface area contributed by atoms with Crippen LogP contribution in [0.1, 0.15) is 17.7 Å². The Morgan fingerprint density at radius 3 is 2.73 bits per heavy atom. The summed E-state index contributed by atoms with van der Waals surface area (Å²) in [5, 5.41) is 0.118. The Morgan fingerprint density at radius 1 is 1.23 bits per heavy atom. The van der Waals surface area contributed by atoms with E-state index in [1.807, 2.05) is 13.0 Å². The number of pyridine rings is 2. The summed E-state index contributed by atoms with van der Waals surface area (Å²) >= 11 is 13.6. The van der Waals surface area contributed by atoms with Gasteiger partial charge in [0.15, 0.2) is 0 Å². The average molecular weight is 410 g/mol. The molecule has 0 radical (unpaired) electrons. The summed E-state index contributed by atoms with van der Waals surface area (Å²) in [4.78, 5) is 19.0. The minimum absolute atomic E-state index is 0.00483. The lowest BCUT2D eigenvalue weighted by Crippen LogP contribution is -2.03. The summed E-state index contributed by atoms with van der Waals surface area (Å²) < 4.78 is 13.8. The number of hydrogen-bond acceptors (Lipinski definition) is 4. The molecule has 1 atom stereocenters. The smallest absolute Gasteiger partial charge is 0.248 e. The average Bonchev–Trinajstić information content (AvgIpc) is 2.60. The number of aromatic nitrogens is 2. The third-order valence-corrected chi connectivity index (χ3v) is 5.66. The number of halogens is 3. The fourth-order valence-corrected chi connectivity index (χ4v) is 4.44. The maximum absolute atomic E-state index is 13.8. The maximum Gasteiger partial charge on any atom is 0.248 e. The van der Waals surface area contributed by atoms with Crippen LogP contribution >= 0.6 is 35.0 Å². The predicted octanol–water partition coefficient (Wildman–Crippen LogP) is 5.32. The molecule has 0 aliphatic heterocycles. The van der Waals surface area contributed by atoms with Crippen molar-refractivity contribution in [3.05, 3.63) is 74.5 Å². The largest absolute Gasteiger partial charge is 0.383 e. The Kier molecular flexibility index (Phi) is 5.55. The van der Waals surface area contributed by atoms with E-state index < -0.39 is 5.82 Å². The molecule has 0 unspecified atom stereocenters. The quantitative estimate of drug-likeness (QED) is 0.451. The van der Waals surface area contributed by atoms with Gasteiger partial charge >= 0.3 is 0 Å². The molecule has 3 N–H and O–H groups in total. The topological polar surface area (TPSA) is 71.8 Å². The lowest BCUT2D eigenvalue weighted by Gasteiger charge is -2.17. The monoisotopic (exact) mass is 409 g/mol. The Bertz CT molecular complexity index is 1030. The van der Waals surface area contributed by atoms with Crippen LogP contribution in [-0.4, -0.2) is 9.97 Å². The van der Waals surface area contributed by atoms with Crippen molar-refractivity contribution in [2.24, 2.45) is 0 Å². The standard InChI is InChI=1S/C18H14Cl2FN3OS/c1-9(16-12(19)2-3-13(21)17(16)20)26-14-6-11(8-24-18(14)22)10-4-5-23-15(25)7-10/h2-9H,1H3,(H2,22,24)(H,23,25)/t9-/m1/s1. The maximum atomic E-state index is 13.8. The molecule has 0 bridgehead atoms. The molecule has 26 heavy (non-hydrogen) atoms. The second-order valence-corrected chi connectivity index (χ2v) is 7.73. The summed E-state index contributed by atoms with van der Waals surface area (Å²) in [7, 11) is 0. The number of nitrogens with zero attached hydrogens (tertiary/aromatic N) is 1. The molecule has 2 aromatic heterocycles. The van der Waals surface area contributed by atoms with E-state index in [-0.39, 0.29) is 15.8 Å². The van der Waals surface area contributed by atoms with Crippen molar-refractivity contribution in [3.63, 3.8) is 0 Å². The number of benzene rings is 1. The van der Waals surface area contributed by atoms with E-state index in [2.05, 4.69) is 9.97 Å². The number of thioether (sulfide) groups is 1. The fourth-order valence-electron chi connectivity index (χ4n) is 2.50. The third kappa shape index (κ3) is 3.87. The van der Waals surface area contributed by atoms with Crippen LogP contribution in [0, 0.1) is 5.82 Å². The first-order chi connectivity index (χ1) is 12.4. The van der Waals surface area contributed by atoms with Gasteiger partial charge in [-0.1, -0.05) is 23.2 Å². The van der Waals surface area contributed by atoms with Crippen LogP contribution in [0.3, 0.4) is 0 Å². The number of nitrogen functional groups attached to an aromatic ring is 1. The number of anilines is 1. The van der Waals surface area contributed by atoms with Gasteiger partial charge < -0.3 is 10.7 Å². The zero-order chi connectivity index (χ0) is 18.8. The van der Waals surface area contributed by atoms with Gasteiger partial charge in [-0.25, -0.2) is 9.37 Å². The molecule has 0 fully saturated rings. The second-order valence-electron chi connectivity index (χ2n) is 5.57. The number of aromatic amines is 1. The fraction of sp³-hybridized carbons (Fsp3) is 0.111. The molecule has 0 saturated heterocycles. The number of nitrogens with two attached hydrogens (primary N) is 1. The van der Waals surface area contributed by atoms with Crippen LogP contribution in [0.25, 0.3) is 11.1 Å². The normalized spacial score (nSPS) is 12.2. The van der Waals surface area contributed by atoms with Crippen LogP contribution < -0.4 is 11.3 Å². The van der Waals surface area contributed by atoms with Gasteiger partial charge in [0.2, 0.25) is 5.56 Å². The van der Waals surface area contributed by atoms with Crippen LogP contribution in [-0.2, 0) is 0 Å². The van der Waals surface area contributed by atoms with Gasteiger partial charge in [0.05, 0.1) is 9.92 Å².